The molecule has 0 aliphatic rings. The molecule has 1 N–H and O–H groups in total. The lowest BCUT2D eigenvalue weighted by molar-refractivity contribution is -0.188. The second-order valence-electron chi connectivity index (χ2n) is 5.63. The molecule has 1 unspecified atom stereocenters. The van der Waals surface area contributed by atoms with Crippen molar-refractivity contribution in [1.82, 2.24) is 14.9 Å². The number of hydrogen-bond acceptors (Lipinski definition) is 3. The summed E-state index contributed by atoms with van der Waals surface area (Å²) in [6.07, 6.45) is -4.27. The van der Waals surface area contributed by atoms with Crippen LogP contribution < -0.4 is 0 Å². The third-order valence-electron chi connectivity index (χ3n) is 3.57. The number of carbonyl (C=O) groups excluding carboxylic acids is 1. The molecule has 132 valence electrons. The van der Waals surface area contributed by atoms with Gasteiger partial charge in [0, 0.05) is 20.0 Å². The Hall–Kier alpha value is -2.09. The van der Waals surface area contributed by atoms with E-state index in [4.69, 9.17) is 0 Å². The van der Waals surface area contributed by atoms with Crippen LogP contribution in [0.1, 0.15) is 19.2 Å². The van der Waals surface area contributed by atoms with E-state index >= 15 is 0 Å². The number of likely N-dealkylation sites (N-methyl/N-ethyl adjacent to an activating group) is 1. The van der Waals surface area contributed by atoms with Crippen molar-refractivity contribution in [3.05, 3.63) is 30.1 Å². The first-order valence-electron chi connectivity index (χ1n) is 7.63. The molecule has 1 aromatic carbocycles. The minimum atomic E-state index is -4.44. The zero-order chi connectivity index (χ0) is 17.7. The number of hydrogen-bond donors (Lipinski definition) is 1. The number of rotatable bonds is 7. The predicted molar refractivity (Wildman–Crippen MR) is 83.5 cm³/mol. The van der Waals surface area contributed by atoms with Crippen molar-refractivity contribution < 1.29 is 22.7 Å². The molecule has 2 rings (SSSR count). The Morgan fingerprint density at radius 3 is 2.75 bits per heavy atom. The fourth-order valence-corrected chi connectivity index (χ4v) is 2.32. The molecule has 8 heteroatoms. The predicted octanol–water partition coefficient (Wildman–Crippen LogP) is 2.92. The van der Waals surface area contributed by atoms with Crippen LogP contribution in [0.25, 0.3) is 11.0 Å². The number of nitrogens with one attached hydrogen (secondary N) is 1. The number of para-hydroxylation sites is 2. The fraction of sp³-hybridized carbons (Fsp3) is 0.500. The molecule has 0 saturated carbocycles. The van der Waals surface area contributed by atoms with Crippen LogP contribution in [0, 0.1) is 0 Å². The maximum absolute atomic E-state index is 12.1. The van der Waals surface area contributed by atoms with Gasteiger partial charge in [-0.05, 0) is 25.5 Å². The maximum Gasteiger partial charge on any atom is 0.411 e. The third kappa shape index (κ3) is 5.23. The highest BCUT2D eigenvalue weighted by molar-refractivity contribution is 5.80. The molecule has 1 atom stereocenters. The summed E-state index contributed by atoms with van der Waals surface area (Å²) in [7, 11) is 1.55. The zero-order valence-electron chi connectivity index (χ0n) is 13.6. The molecule has 0 fully saturated rings. The standard InChI is InChI=1S/C16H20F3N3O2/c1-11(24-10-16(17,18)19)15(23)22(2)9-5-8-14-20-12-6-3-4-7-13(12)21-14/h3-4,6-7,11H,5,8-10H2,1-2H3,(H,20,21). The number of imidazole rings is 1. The first kappa shape index (κ1) is 18.3. The second-order valence-corrected chi connectivity index (χ2v) is 5.63. The number of aromatic nitrogens is 2. The van der Waals surface area contributed by atoms with E-state index in [0.29, 0.717) is 19.4 Å². The summed E-state index contributed by atoms with van der Waals surface area (Å²) in [4.78, 5) is 21.0. The molecule has 1 heterocycles. The number of alkyl halides is 3. The molecule has 0 aliphatic carbocycles. The number of benzene rings is 1. The Balaban J connectivity index is 1.77. The maximum atomic E-state index is 12.1. The summed E-state index contributed by atoms with van der Waals surface area (Å²) in [5.41, 5.74) is 1.83. The van der Waals surface area contributed by atoms with Crippen LogP contribution in [0.5, 0.6) is 0 Å². The van der Waals surface area contributed by atoms with Crippen molar-refractivity contribution in [1.29, 1.82) is 0 Å². The van der Waals surface area contributed by atoms with Crippen LogP contribution in [0.2, 0.25) is 0 Å². The van der Waals surface area contributed by atoms with Gasteiger partial charge in [0.15, 0.2) is 0 Å². The molecule has 24 heavy (non-hydrogen) atoms. The molecule has 5 nitrogen and oxygen atoms in total. The Morgan fingerprint density at radius 1 is 1.38 bits per heavy atom. The Bertz CT molecular complexity index is 652. The highest BCUT2D eigenvalue weighted by atomic mass is 19.4. The topological polar surface area (TPSA) is 58.2 Å². The highest BCUT2D eigenvalue weighted by Gasteiger charge is 2.30. The van der Waals surface area contributed by atoms with Gasteiger partial charge in [-0.2, -0.15) is 13.2 Å². The van der Waals surface area contributed by atoms with Crippen LogP contribution in [-0.2, 0) is 16.0 Å². The number of nitrogens with zero attached hydrogens (tertiary/aromatic N) is 2. The minimum Gasteiger partial charge on any atom is -0.359 e. The van der Waals surface area contributed by atoms with Crippen molar-refractivity contribution >= 4 is 16.9 Å². The van der Waals surface area contributed by atoms with Gasteiger partial charge in [-0.1, -0.05) is 12.1 Å². The van der Waals surface area contributed by atoms with Gasteiger partial charge in [0.2, 0.25) is 0 Å². The smallest absolute Gasteiger partial charge is 0.359 e. The molecule has 1 aromatic heterocycles. The highest BCUT2D eigenvalue weighted by Crippen LogP contribution is 2.16. The van der Waals surface area contributed by atoms with E-state index in [-0.39, 0.29) is 0 Å². The first-order chi connectivity index (χ1) is 11.3. The summed E-state index contributed by atoms with van der Waals surface area (Å²) in [5.74, 6) is 0.349. The van der Waals surface area contributed by atoms with E-state index in [1.165, 1.54) is 11.8 Å². The van der Waals surface area contributed by atoms with Gasteiger partial charge in [-0.15, -0.1) is 0 Å². The van der Waals surface area contributed by atoms with E-state index in [0.717, 1.165) is 16.9 Å². The third-order valence-corrected chi connectivity index (χ3v) is 3.57. The molecule has 1 amide bonds. The van der Waals surface area contributed by atoms with Crippen LogP contribution in [0.15, 0.2) is 24.3 Å². The SMILES string of the molecule is CC(OCC(F)(F)F)C(=O)N(C)CCCc1nc2ccccc2[nH]1. The van der Waals surface area contributed by atoms with Gasteiger partial charge in [-0.3, -0.25) is 4.79 Å². The lowest BCUT2D eigenvalue weighted by atomic mass is 10.2. The van der Waals surface area contributed by atoms with Crippen LogP contribution in [-0.4, -0.2) is 53.3 Å². The van der Waals surface area contributed by atoms with Crippen LogP contribution in [0.3, 0.4) is 0 Å². The number of aryl methyl sites for hydroxylation is 1. The number of amides is 1. The normalized spacial score (nSPS) is 13.2. The van der Waals surface area contributed by atoms with Gasteiger partial charge in [-0.25, -0.2) is 4.98 Å². The van der Waals surface area contributed by atoms with Crippen LogP contribution in [0.4, 0.5) is 13.2 Å². The summed E-state index contributed by atoms with van der Waals surface area (Å²) in [5, 5.41) is 0. The van der Waals surface area contributed by atoms with Crippen molar-refractivity contribution in [2.45, 2.75) is 32.0 Å². The molecular weight excluding hydrogens is 323 g/mol. The van der Waals surface area contributed by atoms with Gasteiger partial charge in [0.05, 0.1) is 11.0 Å². The summed E-state index contributed by atoms with van der Waals surface area (Å²) >= 11 is 0. The number of carbonyl (C=O) groups is 1. The van der Waals surface area contributed by atoms with E-state index in [1.807, 2.05) is 24.3 Å². The van der Waals surface area contributed by atoms with Crippen molar-refractivity contribution in [2.24, 2.45) is 0 Å². The molecular formula is C16H20F3N3O2. The minimum absolute atomic E-state index is 0.412. The van der Waals surface area contributed by atoms with Gasteiger partial charge < -0.3 is 14.6 Å². The Morgan fingerprint density at radius 2 is 2.08 bits per heavy atom. The lowest BCUT2D eigenvalue weighted by Gasteiger charge is -2.21. The average Bonchev–Trinajstić information content (AvgIpc) is 2.93. The Labute approximate surface area is 137 Å². The molecule has 0 bridgehead atoms. The number of halogens is 3. The van der Waals surface area contributed by atoms with Crippen molar-refractivity contribution in [3.63, 3.8) is 0 Å². The number of H-pyrrole nitrogens is 1. The van der Waals surface area contributed by atoms with E-state index in [9.17, 15) is 18.0 Å². The van der Waals surface area contributed by atoms with Crippen LogP contribution >= 0.6 is 0 Å². The summed E-state index contributed by atoms with van der Waals surface area (Å²) < 4.78 is 40.9. The number of fused-ring (bicyclic) bond motifs is 1. The summed E-state index contributed by atoms with van der Waals surface area (Å²) in [6.45, 7) is 0.312. The van der Waals surface area contributed by atoms with E-state index < -0.39 is 24.8 Å². The van der Waals surface area contributed by atoms with Gasteiger partial charge >= 0.3 is 6.18 Å². The largest absolute Gasteiger partial charge is 0.411 e. The quantitative estimate of drug-likeness (QED) is 0.841. The molecule has 0 radical (unpaired) electrons. The molecule has 2 aromatic rings. The van der Waals surface area contributed by atoms with E-state index in [1.54, 1.807) is 7.05 Å². The van der Waals surface area contributed by atoms with Gasteiger partial charge in [0.25, 0.3) is 5.91 Å². The zero-order valence-corrected chi connectivity index (χ0v) is 13.6. The van der Waals surface area contributed by atoms with Crippen molar-refractivity contribution in [3.8, 4) is 0 Å². The van der Waals surface area contributed by atoms with Crippen molar-refractivity contribution in [2.75, 3.05) is 20.2 Å². The Kier molecular flexibility index (Phi) is 5.82. The monoisotopic (exact) mass is 343 g/mol. The second kappa shape index (κ2) is 7.65. The molecule has 0 aliphatic heterocycles. The number of ether oxygens (including phenoxy) is 1. The molecule has 0 spiro atoms. The van der Waals surface area contributed by atoms with E-state index in [2.05, 4.69) is 14.7 Å². The fourth-order valence-electron chi connectivity index (χ4n) is 2.32. The summed E-state index contributed by atoms with van der Waals surface area (Å²) in [6, 6.07) is 7.66. The lowest BCUT2D eigenvalue weighted by Crippen LogP contribution is -2.38. The number of aromatic amines is 1. The molecule has 0 saturated heterocycles. The first-order valence-corrected chi connectivity index (χ1v) is 7.63. The van der Waals surface area contributed by atoms with Gasteiger partial charge in [0.1, 0.15) is 18.5 Å². The average molecular weight is 343 g/mol.